The molecule has 0 bridgehead atoms. The van der Waals surface area contributed by atoms with E-state index in [1.165, 1.54) is 15.6 Å². The van der Waals surface area contributed by atoms with E-state index in [0.29, 0.717) is 21.8 Å². The Labute approximate surface area is 108 Å². The van der Waals surface area contributed by atoms with Gasteiger partial charge in [-0.2, -0.15) is 4.31 Å². The van der Waals surface area contributed by atoms with Crippen LogP contribution in [0.15, 0.2) is 20.1 Å². The minimum absolute atomic E-state index is 0.0616. The van der Waals surface area contributed by atoms with Crippen molar-refractivity contribution >= 4 is 37.3 Å². The van der Waals surface area contributed by atoms with Crippen LogP contribution in [-0.2, 0) is 10.0 Å². The molecule has 16 heavy (non-hydrogen) atoms. The average molecular weight is 325 g/mol. The highest BCUT2D eigenvalue weighted by Crippen LogP contribution is 2.32. The zero-order chi connectivity index (χ0) is 11.9. The van der Waals surface area contributed by atoms with Crippen LogP contribution in [-0.4, -0.2) is 31.9 Å². The molecule has 0 spiro atoms. The Bertz CT molecular complexity index is 475. The van der Waals surface area contributed by atoms with Gasteiger partial charge in [0.25, 0.3) is 10.0 Å². The van der Waals surface area contributed by atoms with Gasteiger partial charge in [-0.05, 0) is 33.3 Å². The van der Waals surface area contributed by atoms with E-state index < -0.39 is 10.0 Å². The summed E-state index contributed by atoms with van der Waals surface area (Å²) in [6.07, 6.45) is 0. The summed E-state index contributed by atoms with van der Waals surface area (Å²) >= 11 is 4.48. The quantitative estimate of drug-likeness (QED) is 0.896. The maximum absolute atomic E-state index is 12.3. The highest BCUT2D eigenvalue weighted by molar-refractivity contribution is 9.10. The Hall–Kier alpha value is 0.0500. The molecule has 2 heterocycles. The maximum atomic E-state index is 12.3. The Morgan fingerprint density at radius 1 is 1.56 bits per heavy atom. The SMILES string of the molecule is CC1CN(S(=O)(=O)c2sccc2Br)CC1N. The summed E-state index contributed by atoms with van der Waals surface area (Å²) in [5.41, 5.74) is 5.84. The predicted molar refractivity (Wildman–Crippen MR) is 67.9 cm³/mol. The lowest BCUT2D eigenvalue weighted by Crippen LogP contribution is -2.32. The summed E-state index contributed by atoms with van der Waals surface area (Å²) < 4.78 is 27.0. The van der Waals surface area contributed by atoms with Crippen molar-refractivity contribution in [3.05, 3.63) is 15.9 Å². The van der Waals surface area contributed by atoms with E-state index in [0.717, 1.165) is 0 Å². The van der Waals surface area contributed by atoms with Gasteiger partial charge in [-0.15, -0.1) is 11.3 Å². The number of hydrogen-bond donors (Lipinski definition) is 1. The molecule has 1 aromatic rings. The number of thiophene rings is 1. The largest absolute Gasteiger partial charge is 0.326 e. The molecule has 90 valence electrons. The van der Waals surface area contributed by atoms with Crippen molar-refractivity contribution in [3.63, 3.8) is 0 Å². The number of rotatable bonds is 2. The average Bonchev–Trinajstić information content (AvgIpc) is 2.75. The monoisotopic (exact) mass is 324 g/mol. The molecule has 2 unspecified atom stereocenters. The fraction of sp³-hybridized carbons (Fsp3) is 0.556. The predicted octanol–water partition coefficient (Wildman–Crippen LogP) is 1.48. The van der Waals surface area contributed by atoms with Crippen LogP contribution < -0.4 is 5.73 Å². The summed E-state index contributed by atoms with van der Waals surface area (Å²) in [5.74, 6) is 0.216. The van der Waals surface area contributed by atoms with Crippen molar-refractivity contribution in [2.75, 3.05) is 13.1 Å². The zero-order valence-electron chi connectivity index (χ0n) is 8.76. The molecule has 1 saturated heterocycles. The fourth-order valence-corrected chi connectivity index (χ4v) is 5.75. The van der Waals surface area contributed by atoms with E-state index in [2.05, 4.69) is 15.9 Å². The lowest BCUT2D eigenvalue weighted by molar-refractivity contribution is 0.465. The van der Waals surface area contributed by atoms with Crippen LogP contribution in [0, 0.1) is 5.92 Å². The maximum Gasteiger partial charge on any atom is 0.253 e. The Kier molecular flexibility index (Phi) is 3.42. The van der Waals surface area contributed by atoms with Gasteiger partial charge in [0.1, 0.15) is 4.21 Å². The van der Waals surface area contributed by atoms with Crippen molar-refractivity contribution in [2.45, 2.75) is 17.2 Å². The molecule has 0 amide bonds. The van der Waals surface area contributed by atoms with Crippen LogP contribution in [0.2, 0.25) is 0 Å². The Balaban J connectivity index is 2.31. The summed E-state index contributed by atoms with van der Waals surface area (Å²) in [5, 5.41) is 1.76. The first-order valence-corrected chi connectivity index (χ1v) is 8.03. The Morgan fingerprint density at radius 2 is 2.25 bits per heavy atom. The molecule has 1 aromatic heterocycles. The van der Waals surface area contributed by atoms with Crippen LogP contribution in [0.4, 0.5) is 0 Å². The molecular formula is C9H13BrN2O2S2. The third-order valence-electron chi connectivity index (χ3n) is 2.80. The topological polar surface area (TPSA) is 63.4 Å². The van der Waals surface area contributed by atoms with Gasteiger partial charge in [0.2, 0.25) is 0 Å². The molecule has 4 nitrogen and oxygen atoms in total. The fourth-order valence-electron chi connectivity index (χ4n) is 1.72. The standard InChI is InChI=1S/C9H13BrN2O2S2/c1-6-4-12(5-8(6)11)16(13,14)9-7(10)2-3-15-9/h2-3,6,8H,4-5,11H2,1H3. The van der Waals surface area contributed by atoms with E-state index in [1.54, 1.807) is 11.4 Å². The van der Waals surface area contributed by atoms with Crippen molar-refractivity contribution in [3.8, 4) is 0 Å². The van der Waals surface area contributed by atoms with E-state index in [1.807, 2.05) is 6.92 Å². The van der Waals surface area contributed by atoms with E-state index >= 15 is 0 Å². The zero-order valence-corrected chi connectivity index (χ0v) is 12.0. The second kappa shape index (κ2) is 4.38. The molecule has 0 aliphatic carbocycles. The summed E-state index contributed by atoms with van der Waals surface area (Å²) in [4.78, 5) is 0. The second-order valence-electron chi connectivity index (χ2n) is 4.02. The van der Waals surface area contributed by atoms with Gasteiger partial charge < -0.3 is 5.73 Å². The van der Waals surface area contributed by atoms with Gasteiger partial charge in [-0.3, -0.25) is 0 Å². The van der Waals surface area contributed by atoms with Crippen LogP contribution in [0.25, 0.3) is 0 Å². The van der Waals surface area contributed by atoms with Gasteiger partial charge in [-0.25, -0.2) is 8.42 Å². The third kappa shape index (κ3) is 2.06. The summed E-state index contributed by atoms with van der Waals surface area (Å²) in [6.45, 7) is 2.89. The number of sulfonamides is 1. The molecular weight excluding hydrogens is 312 g/mol. The minimum Gasteiger partial charge on any atom is -0.326 e. The highest BCUT2D eigenvalue weighted by atomic mass is 79.9. The van der Waals surface area contributed by atoms with Crippen molar-refractivity contribution < 1.29 is 8.42 Å². The number of nitrogens with zero attached hydrogens (tertiary/aromatic N) is 1. The van der Waals surface area contributed by atoms with E-state index in [-0.39, 0.29) is 12.0 Å². The van der Waals surface area contributed by atoms with Crippen molar-refractivity contribution in [2.24, 2.45) is 11.7 Å². The minimum atomic E-state index is -3.37. The van der Waals surface area contributed by atoms with Crippen LogP contribution in [0.1, 0.15) is 6.92 Å². The number of hydrogen-bond acceptors (Lipinski definition) is 4. The van der Waals surface area contributed by atoms with Gasteiger partial charge in [0.15, 0.2) is 0 Å². The lowest BCUT2D eigenvalue weighted by atomic mass is 10.1. The molecule has 7 heteroatoms. The van der Waals surface area contributed by atoms with Crippen LogP contribution >= 0.6 is 27.3 Å². The molecule has 1 aliphatic rings. The molecule has 0 aromatic carbocycles. The van der Waals surface area contributed by atoms with Gasteiger partial charge >= 0.3 is 0 Å². The first-order valence-electron chi connectivity index (χ1n) is 4.91. The molecule has 2 N–H and O–H groups in total. The first kappa shape index (κ1) is 12.5. The van der Waals surface area contributed by atoms with Gasteiger partial charge in [0.05, 0.1) is 0 Å². The highest BCUT2D eigenvalue weighted by Gasteiger charge is 2.36. The Morgan fingerprint density at radius 3 is 2.69 bits per heavy atom. The van der Waals surface area contributed by atoms with Crippen LogP contribution in [0.3, 0.4) is 0 Å². The molecule has 0 saturated carbocycles. The third-order valence-corrected chi connectivity index (χ3v) is 7.27. The van der Waals surface area contributed by atoms with Crippen molar-refractivity contribution in [1.29, 1.82) is 0 Å². The number of nitrogens with two attached hydrogens (primary N) is 1. The van der Waals surface area contributed by atoms with E-state index in [4.69, 9.17) is 5.73 Å². The van der Waals surface area contributed by atoms with Gasteiger partial charge in [0, 0.05) is 23.6 Å². The molecule has 2 rings (SSSR count). The summed E-state index contributed by atoms with van der Waals surface area (Å²) in [7, 11) is -3.37. The summed E-state index contributed by atoms with van der Waals surface area (Å²) in [6, 6.07) is 1.69. The second-order valence-corrected chi connectivity index (χ2v) is 7.92. The molecule has 1 aliphatic heterocycles. The van der Waals surface area contributed by atoms with Crippen molar-refractivity contribution in [1.82, 2.24) is 4.31 Å². The lowest BCUT2D eigenvalue weighted by Gasteiger charge is -2.14. The first-order chi connectivity index (χ1) is 7.43. The normalized spacial score (nSPS) is 27.4. The molecule has 1 fully saturated rings. The van der Waals surface area contributed by atoms with E-state index in [9.17, 15) is 8.42 Å². The van der Waals surface area contributed by atoms with Gasteiger partial charge in [-0.1, -0.05) is 6.92 Å². The smallest absolute Gasteiger partial charge is 0.253 e. The molecule has 2 atom stereocenters. The molecule has 0 radical (unpaired) electrons. The number of halogens is 1. The van der Waals surface area contributed by atoms with Crippen LogP contribution in [0.5, 0.6) is 0 Å².